The van der Waals surface area contributed by atoms with Crippen LogP contribution in [-0.2, 0) is 9.53 Å². The maximum absolute atomic E-state index is 12.1. The Kier molecular flexibility index (Phi) is 7.75. The van der Waals surface area contributed by atoms with Crippen LogP contribution in [-0.4, -0.2) is 36.6 Å². The summed E-state index contributed by atoms with van der Waals surface area (Å²) in [6.45, 7) is 5.19. The minimum atomic E-state index is -0.476. The molecule has 0 atom stereocenters. The van der Waals surface area contributed by atoms with Crippen LogP contribution in [0.2, 0.25) is 0 Å². The van der Waals surface area contributed by atoms with Crippen LogP contribution in [0.5, 0.6) is 0 Å². The fourth-order valence-electron chi connectivity index (χ4n) is 2.95. The van der Waals surface area contributed by atoms with E-state index in [1.165, 1.54) is 6.21 Å². The first-order valence-electron chi connectivity index (χ1n) is 10.4. The third-order valence-corrected chi connectivity index (χ3v) is 4.53. The highest BCUT2D eigenvalue weighted by Crippen LogP contribution is 2.23. The van der Waals surface area contributed by atoms with Crippen LogP contribution in [0.15, 0.2) is 70.2 Å². The van der Waals surface area contributed by atoms with E-state index in [1.54, 1.807) is 56.3 Å². The fraction of sp³-hybridized carbons (Fsp3) is 0.200. The monoisotopic (exact) mass is 447 g/mol. The smallest absolute Gasteiger partial charge is 0.338 e. The van der Waals surface area contributed by atoms with Crippen molar-refractivity contribution in [2.45, 2.75) is 26.9 Å². The molecular formula is C25H25N3O5. The molecule has 0 aliphatic carbocycles. The van der Waals surface area contributed by atoms with Crippen LogP contribution in [0.3, 0.4) is 0 Å². The molecule has 0 fully saturated rings. The lowest BCUT2D eigenvalue weighted by atomic mass is 10.1. The van der Waals surface area contributed by atoms with Crippen LogP contribution in [0.25, 0.3) is 11.3 Å². The highest BCUT2D eigenvalue weighted by Gasteiger charge is 2.12. The molecule has 0 spiro atoms. The standard InChI is InChI=1S/C25H25N3O5/c1-16(2)32-25(31)19-9-6-8-18(13-19)22-12-11-20(33-22)14-27-28-23(29)15-26-24(30)21-10-5-4-7-17(21)3/h4-14,16H,15H2,1-3H3,(H,26,30)(H,28,29)/b27-14+. The normalized spacial score (nSPS) is 10.9. The summed E-state index contributed by atoms with van der Waals surface area (Å²) in [5, 5.41) is 6.41. The van der Waals surface area contributed by atoms with Crippen molar-refractivity contribution in [2.75, 3.05) is 6.54 Å². The van der Waals surface area contributed by atoms with Gasteiger partial charge in [0.05, 0.1) is 24.4 Å². The van der Waals surface area contributed by atoms with Gasteiger partial charge in [0.25, 0.3) is 11.8 Å². The Balaban J connectivity index is 1.54. The van der Waals surface area contributed by atoms with Gasteiger partial charge in [-0.25, -0.2) is 10.2 Å². The molecule has 0 aliphatic rings. The third-order valence-electron chi connectivity index (χ3n) is 4.53. The van der Waals surface area contributed by atoms with E-state index in [0.717, 1.165) is 5.56 Å². The van der Waals surface area contributed by atoms with Crippen molar-refractivity contribution in [2.24, 2.45) is 5.10 Å². The topological polar surface area (TPSA) is 110 Å². The van der Waals surface area contributed by atoms with Gasteiger partial charge in [-0.05, 0) is 56.7 Å². The highest BCUT2D eigenvalue weighted by atomic mass is 16.5. The van der Waals surface area contributed by atoms with Gasteiger partial charge >= 0.3 is 5.97 Å². The Morgan fingerprint density at radius 3 is 2.61 bits per heavy atom. The summed E-state index contributed by atoms with van der Waals surface area (Å²) in [5.41, 5.74) is 4.80. The van der Waals surface area contributed by atoms with Gasteiger partial charge in [0.2, 0.25) is 0 Å². The molecule has 1 aromatic heterocycles. The molecule has 0 saturated heterocycles. The van der Waals surface area contributed by atoms with Crippen LogP contribution >= 0.6 is 0 Å². The summed E-state index contributed by atoms with van der Waals surface area (Å²) < 4.78 is 10.9. The zero-order valence-corrected chi connectivity index (χ0v) is 18.6. The molecule has 33 heavy (non-hydrogen) atoms. The van der Waals surface area contributed by atoms with Gasteiger partial charge in [-0.2, -0.15) is 5.10 Å². The van der Waals surface area contributed by atoms with E-state index in [0.29, 0.717) is 28.2 Å². The predicted molar refractivity (Wildman–Crippen MR) is 124 cm³/mol. The van der Waals surface area contributed by atoms with Crippen LogP contribution in [0.1, 0.15) is 45.9 Å². The van der Waals surface area contributed by atoms with E-state index in [9.17, 15) is 14.4 Å². The van der Waals surface area contributed by atoms with Crippen molar-refractivity contribution >= 4 is 24.0 Å². The van der Waals surface area contributed by atoms with Crippen molar-refractivity contribution < 1.29 is 23.5 Å². The lowest BCUT2D eigenvalue weighted by Crippen LogP contribution is -2.35. The summed E-state index contributed by atoms with van der Waals surface area (Å²) >= 11 is 0. The number of nitrogens with zero attached hydrogens (tertiary/aromatic N) is 1. The van der Waals surface area contributed by atoms with Gasteiger partial charge in [-0.3, -0.25) is 9.59 Å². The first-order chi connectivity index (χ1) is 15.8. The number of hydrazone groups is 1. The molecule has 0 radical (unpaired) electrons. The molecule has 1 heterocycles. The number of carbonyl (C=O) groups excluding carboxylic acids is 3. The van der Waals surface area contributed by atoms with E-state index in [-0.39, 0.29) is 18.6 Å². The number of nitrogens with one attached hydrogen (secondary N) is 2. The minimum absolute atomic E-state index is 0.210. The van der Waals surface area contributed by atoms with Crippen molar-refractivity contribution in [3.63, 3.8) is 0 Å². The molecule has 170 valence electrons. The Labute approximate surface area is 191 Å². The van der Waals surface area contributed by atoms with Gasteiger partial charge in [0, 0.05) is 11.1 Å². The average Bonchev–Trinajstić information content (AvgIpc) is 3.26. The molecule has 3 rings (SSSR count). The largest absolute Gasteiger partial charge is 0.459 e. The summed E-state index contributed by atoms with van der Waals surface area (Å²) in [6.07, 6.45) is 1.14. The van der Waals surface area contributed by atoms with E-state index < -0.39 is 11.9 Å². The quantitative estimate of drug-likeness (QED) is 0.311. The lowest BCUT2D eigenvalue weighted by Gasteiger charge is -2.08. The molecule has 3 aromatic rings. The summed E-state index contributed by atoms with van der Waals surface area (Å²) in [6, 6.07) is 17.4. The Hall–Kier alpha value is -4.20. The van der Waals surface area contributed by atoms with Crippen LogP contribution in [0, 0.1) is 6.92 Å². The highest BCUT2D eigenvalue weighted by molar-refractivity contribution is 5.97. The number of carbonyl (C=O) groups is 3. The van der Waals surface area contributed by atoms with E-state index in [2.05, 4.69) is 15.8 Å². The maximum Gasteiger partial charge on any atom is 0.338 e. The SMILES string of the molecule is Cc1ccccc1C(=O)NCC(=O)N/N=C/c1ccc(-c2cccc(C(=O)OC(C)C)c2)o1. The Bertz CT molecular complexity index is 1180. The molecule has 0 unspecified atom stereocenters. The number of rotatable bonds is 8. The van der Waals surface area contributed by atoms with Gasteiger partial charge in [0.15, 0.2) is 0 Å². The summed E-state index contributed by atoms with van der Waals surface area (Å²) in [7, 11) is 0. The van der Waals surface area contributed by atoms with Crippen molar-refractivity contribution in [1.29, 1.82) is 0 Å². The zero-order chi connectivity index (χ0) is 23.8. The van der Waals surface area contributed by atoms with E-state index in [1.807, 2.05) is 25.1 Å². The second kappa shape index (κ2) is 10.9. The predicted octanol–water partition coefficient (Wildman–Crippen LogP) is 3.70. The Morgan fingerprint density at radius 1 is 1.06 bits per heavy atom. The number of aryl methyl sites for hydroxylation is 1. The number of hydrogen-bond donors (Lipinski definition) is 2. The first kappa shape index (κ1) is 23.5. The summed E-state index contributed by atoms with van der Waals surface area (Å²) in [4.78, 5) is 36.2. The van der Waals surface area contributed by atoms with E-state index in [4.69, 9.17) is 9.15 Å². The van der Waals surface area contributed by atoms with Gasteiger partial charge < -0.3 is 14.5 Å². The molecular weight excluding hydrogens is 422 g/mol. The van der Waals surface area contributed by atoms with Crippen molar-refractivity contribution in [3.8, 4) is 11.3 Å². The zero-order valence-electron chi connectivity index (χ0n) is 18.6. The Morgan fingerprint density at radius 2 is 1.85 bits per heavy atom. The number of benzene rings is 2. The van der Waals surface area contributed by atoms with E-state index >= 15 is 0 Å². The maximum atomic E-state index is 12.1. The van der Waals surface area contributed by atoms with Crippen molar-refractivity contribution in [3.05, 3.63) is 83.1 Å². The number of esters is 1. The summed E-state index contributed by atoms with van der Waals surface area (Å²) in [5.74, 6) is -0.270. The second-order valence-corrected chi connectivity index (χ2v) is 7.53. The minimum Gasteiger partial charge on any atom is -0.459 e. The van der Waals surface area contributed by atoms with Crippen LogP contribution < -0.4 is 10.7 Å². The first-order valence-corrected chi connectivity index (χ1v) is 10.4. The lowest BCUT2D eigenvalue weighted by molar-refractivity contribution is -0.120. The number of amides is 2. The van der Waals surface area contributed by atoms with Gasteiger partial charge in [0.1, 0.15) is 11.5 Å². The molecule has 8 nitrogen and oxygen atoms in total. The second-order valence-electron chi connectivity index (χ2n) is 7.53. The third kappa shape index (κ3) is 6.64. The molecule has 2 aromatic carbocycles. The van der Waals surface area contributed by atoms with Crippen molar-refractivity contribution in [1.82, 2.24) is 10.7 Å². The molecule has 0 saturated carbocycles. The number of ether oxygens (including phenoxy) is 1. The number of hydrogen-bond acceptors (Lipinski definition) is 6. The molecule has 2 amide bonds. The van der Waals surface area contributed by atoms with Gasteiger partial charge in [-0.15, -0.1) is 0 Å². The molecule has 0 aliphatic heterocycles. The number of furan rings is 1. The average molecular weight is 447 g/mol. The molecule has 0 bridgehead atoms. The fourth-order valence-corrected chi connectivity index (χ4v) is 2.95. The van der Waals surface area contributed by atoms with Gasteiger partial charge in [-0.1, -0.05) is 30.3 Å². The van der Waals surface area contributed by atoms with Crippen LogP contribution in [0.4, 0.5) is 0 Å². The molecule has 2 N–H and O–H groups in total. The molecule has 8 heteroatoms.